The van der Waals surface area contributed by atoms with Crippen molar-refractivity contribution in [3.63, 3.8) is 0 Å². The van der Waals surface area contributed by atoms with Gasteiger partial charge in [0.25, 0.3) is 0 Å². The van der Waals surface area contributed by atoms with Gasteiger partial charge in [0.05, 0.1) is 5.02 Å². The zero-order valence-corrected chi connectivity index (χ0v) is 22.0. The first-order valence-electron chi connectivity index (χ1n) is 11.1. The van der Waals surface area contributed by atoms with E-state index in [0.29, 0.717) is 21.9 Å². The highest BCUT2D eigenvalue weighted by Gasteiger charge is 2.30. The molecule has 0 spiro atoms. The normalized spacial score (nSPS) is 12.2. The van der Waals surface area contributed by atoms with Gasteiger partial charge in [0.2, 0.25) is 5.91 Å². The Morgan fingerprint density at radius 3 is 2.42 bits per heavy atom. The van der Waals surface area contributed by atoms with Crippen LogP contribution < -0.4 is 11.1 Å². The number of primary amides is 1. The number of ether oxygens (including phenoxy) is 1. The second-order valence-electron chi connectivity index (χ2n) is 8.89. The van der Waals surface area contributed by atoms with Crippen LogP contribution in [0.5, 0.6) is 0 Å². The monoisotopic (exact) mass is 550 g/mol. The van der Waals surface area contributed by atoms with Crippen LogP contribution in [-0.4, -0.2) is 29.4 Å². The van der Waals surface area contributed by atoms with Crippen LogP contribution in [0.25, 0.3) is 10.4 Å². The Kier molecular flexibility index (Phi) is 9.24. The molecule has 0 saturated heterocycles. The lowest BCUT2D eigenvalue weighted by Crippen LogP contribution is -2.51. The number of nitrogens with two attached hydrogens (primary N) is 1. The van der Waals surface area contributed by atoms with Gasteiger partial charge in [-0.25, -0.2) is 14.0 Å². The number of rotatable bonds is 10. The largest absolute Gasteiger partial charge is 0.388 e. The van der Waals surface area contributed by atoms with E-state index in [1.165, 1.54) is 18.2 Å². The molecule has 0 fully saturated rings. The zero-order valence-electron chi connectivity index (χ0n) is 19.6. The molecule has 0 bridgehead atoms. The maximum Gasteiger partial charge on any atom is 0.356 e. The standard InChI is InChI=1S/C26H25Cl2FN2O4S/c1-26(2,14-15-3-6-17(27)7-4-15)31-20(9-12-23(30)32)24(33)35-25(34)22-11-10-21(36-22)16-5-8-19(29)18(28)13-16/h3-8,10-11,13,20,31H,9,12,14H2,1-2H3,(H2,30,32)/t20-/m0/s1. The molecule has 0 aliphatic rings. The molecule has 3 N–H and O–H groups in total. The molecule has 6 nitrogen and oxygen atoms in total. The molecule has 3 rings (SSSR count). The second kappa shape index (κ2) is 12.0. The SMILES string of the molecule is CC(C)(Cc1ccc(Cl)cc1)N[C@@H](CCC(N)=O)C(=O)OC(=O)c1ccc(-c2ccc(F)c(Cl)c2)s1. The minimum atomic E-state index is -0.945. The van der Waals surface area contributed by atoms with E-state index in [1.54, 1.807) is 24.3 Å². The number of nitrogens with one attached hydrogen (secondary N) is 1. The number of hydrogen-bond donors (Lipinski definition) is 2. The van der Waals surface area contributed by atoms with Crippen LogP contribution in [0.1, 0.15) is 41.9 Å². The summed E-state index contributed by atoms with van der Waals surface area (Å²) in [7, 11) is 0. The summed E-state index contributed by atoms with van der Waals surface area (Å²) in [5.41, 5.74) is 6.31. The summed E-state index contributed by atoms with van der Waals surface area (Å²) in [6.45, 7) is 3.79. The summed E-state index contributed by atoms with van der Waals surface area (Å²) >= 11 is 12.9. The summed E-state index contributed by atoms with van der Waals surface area (Å²) in [6, 6.07) is 13.8. The van der Waals surface area contributed by atoms with E-state index in [1.807, 2.05) is 26.0 Å². The number of carbonyl (C=O) groups is 3. The van der Waals surface area contributed by atoms with E-state index < -0.39 is 35.2 Å². The van der Waals surface area contributed by atoms with Gasteiger partial charge in [0.15, 0.2) is 0 Å². The quantitative estimate of drug-likeness (QED) is 0.246. The van der Waals surface area contributed by atoms with Crippen LogP contribution >= 0.6 is 34.5 Å². The van der Waals surface area contributed by atoms with E-state index >= 15 is 0 Å². The Morgan fingerprint density at radius 2 is 1.78 bits per heavy atom. The lowest BCUT2D eigenvalue weighted by molar-refractivity contribution is -0.141. The Hall–Kier alpha value is -2.78. The van der Waals surface area contributed by atoms with Gasteiger partial charge in [0, 0.05) is 21.9 Å². The fourth-order valence-corrected chi connectivity index (χ4v) is 4.82. The van der Waals surface area contributed by atoms with Gasteiger partial charge in [-0.1, -0.05) is 41.4 Å². The van der Waals surface area contributed by atoms with E-state index in [2.05, 4.69) is 5.32 Å². The number of halogens is 3. The summed E-state index contributed by atoms with van der Waals surface area (Å²) in [6.07, 6.45) is 0.550. The Labute approximate surface area is 222 Å². The molecule has 0 aliphatic carbocycles. The van der Waals surface area contributed by atoms with Gasteiger partial charge in [0.1, 0.15) is 16.7 Å². The molecule has 10 heteroatoms. The Morgan fingerprint density at radius 1 is 1.08 bits per heavy atom. The molecular formula is C26H25Cl2FN2O4S. The number of carbonyl (C=O) groups excluding carboxylic acids is 3. The molecule has 36 heavy (non-hydrogen) atoms. The topological polar surface area (TPSA) is 98.5 Å². The highest BCUT2D eigenvalue weighted by Crippen LogP contribution is 2.31. The van der Waals surface area contributed by atoms with Crippen molar-refractivity contribution in [2.45, 2.75) is 44.7 Å². The van der Waals surface area contributed by atoms with Gasteiger partial charge < -0.3 is 10.5 Å². The zero-order chi connectivity index (χ0) is 26.5. The van der Waals surface area contributed by atoms with Crippen molar-refractivity contribution in [3.8, 4) is 10.4 Å². The van der Waals surface area contributed by atoms with Gasteiger partial charge in [-0.05, 0) is 74.2 Å². The molecule has 2 aromatic carbocycles. The molecule has 1 amide bonds. The Balaban J connectivity index is 1.70. The van der Waals surface area contributed by atoms with Gasteiger partial charge >= 0.3 is 11.9 Å². The predicted octanol–water partition coefficient (Wildman–Crippen LogP) is 5.79. The van der Waals surface area contributed by atoms with Gasteiger partial charge in [-0.3, -0.25) is 10.1 Å². The fourth-order valence-electron chi connectivity index (χ4n) is 3.64. The van der Waals surface area contributed by atoms with Crippen molar-refractivity contribution in [1.82, 2.24) is 5.32 Å². The molecule has 3 aromatic rings. The third-order valence-corrected chi connectivity index (χ3v) is 6.95. The fraction of sp³-hybridized carbons (Fsp3) is 0.269. The second-order valence-corrected chi connectivity index (χ2v) is 10.8. The number of hydrogen-bond acceptors (Lipinski definition) is 6. The summed E-state index contributed by atoms with van der Waals surface area (Å²) in [5, 5.41) is 3.78. The number of amides is 1. The summed E-state index contributed by atoms with van der Waals surface area (Å²) in [5.74, 6) is -2.76. The van der Waals surface area contributed by atoms with Crippen molar-refractivity contribution in [1.29, 1.82) is 0 Å². The predicted molar refractivity (Wildman–Crippen MR) is 140 cm³/mol. The van der Waals surface area contributed by atoms with Crippen LogP contribution in [0.15, 0.2) is 54.6 Å². The third-order valence-electron chi connectivity index (χ3n) is 5.29. The van der Waals surface area contributed by atoms with Gasteiger partial charge in [-0.2, -0.15) is 0 Å². The average Bonchev–Trinajstić information content (AvgIpc) is 3.30. The molecule has 190 valence electrons. The number of thiophene rings is 1. The van der Waals surface area contributed by atoms with E-state index in [4.69, 9.17) is 33.7 Å². The first kappa shape index (κ1) is 27.8. The maximum absolute atomic E-state index is 13.5. The number of benzene rings is 2. The third kappa shape index (κ3) is 7.86. The molecule has 0 radical (unpaired) electrons. The first-order chi connectivity index (χ1) is 16.9. The van der Waals surface area contributed by atoms with Gasteiger partial charge in [-0.15, -0.1) is 11.3 Å². The molecule has 0 aliphatic heterocycles. The van der Waals surface area contributed by atoms with Crippen molar-refractivity contribution < 1.29 is 23.5 Å². The maximum atomic E-state index is 13.5. The molecule has 0 unspecified atom stereocenters. The summed E-state index contributed by atoms with van der Waals surface area (Å²) < 4.78 is 18.6. The average molecular weight is 551 g/mol. The minimum absolute atomic E-state index is 0.0372. The van der Waals surface area contributed by atoms with Crippen LogP contribution in [-0.2, 0) is 20.7 Å². The van der Waals surface area contributed by atoms with E-state index in [0.717, 1.165) is 16.9 Å². The molecular weight excluding hydrogens is 526 g/mol. The smallest absolute Gasteiger partial charge is 0.356 e. The highest BCUT2D eigenvalue weighted by molar-refractivity contribution is 7.17. The van der Waals surface area contributed by atoms with Crippen molar-refractivity contribution in [2.75, 3.05) is 0 Å². The van der Waals surface area contributed by atoms with E-state index in [9.17, 15) is 18.8 Å². The van der Waals surface area contributed by atoms with Crippen LogP contribution in [0, 0.1) is 5.82 Å². The molecule has 1 aromatic heterocycles. The first-order valence-corrected chi connectivity index (χ1v) is 12.6. The van der Waals surface area contributed by atoms with Crippen LogP contribution in [0.2, 0.25) is 10.0 Å². The lowest BCUT2D eigenvalue weighted by atomic mass is 9.93. The van der Waals surface area contributed by atoms with E-state index in [-0.39, 0.29) is 22.7 Å². The highest BCUT2D eigenvalue weighted by atomic mass is 35.5. The molecule has 1 atom stereocenters. The minimum Gasteiger partial charge on any atom is -0.388 e. The van der Waals surface area contributed by atoms with Crippen LogP contribution in [0.3, 0.4) is 0 Å². The Bertz CT molecular complexity index is 1260. The van der Waals surface area contributed by atoms with Crippen molar-refractivity contribution >= 4 is 52.4 Å². The lowest BCUT2D eigenvalue weighted by Gasteiger charge is -2.31. The van der Waals surface area contributed by atoms with Crippen LogP contribution in [0.4, 0.5) is 4.39 Å². The molecule has 0 saturated carbocycles. The molecule has 1 heterocycles. The summed E-state index contributed by atoms with van der Waals surface area (Å²) in [4.78, 5) is 37.9. The van der Waals surface area contributed by atoms with Crippen molar-refractivity contribution in [3.05, 3.63) is 80.9 Å². The van der Waals surface area contributed by atoms with Crippen molar-refractivity contribution in [2.24, 2.45) is 5.73 Å². The number of esters is 2.